The van der Waals surface area contributed by atoms with Gasteiger partial charge in [-0.05, 0) is 39.2 Å². The first-order valence-electron chi connectivity index (χ1n) is 7.26. The van der Waals surface area contributed by atoms with E-state index in [1.54, 1.807) is 0 Å². The Bertz CT molecular complexity index is 256. The van der Waals surface area contributed by atoms with Gasteiger partial charge in [0.2, 0.25) is 0 Å². The van der Waals surface area contributed by atoms with Gasteiger partial charge in [0.25, 0.3) is 0 Å². The summed E-state index contributed by atoms with van der Waals surface area (Å²) in [5.74, 6) is 0.911. The molecule has 2 rings (SSSR count). The summed E-state index contributed by atoms with van der Waals surface area (Å²) in [7, 11) is 2.24. The lowest BCUT2D eigenvalue weighted by atomic mass is 9.91. The smallest absolute Gasteiger partial charge is 0.0335 e. The van der Waals surface area contributed by atoms with E-state index in [1.165, 1.54) is 45.3 Å². The highest BCUT2D eigenvalue weighted by molar-refractivity contribution is 5.00. The summed E-state index contributed by atoms with van der Waals surface area (Å²) in [6.07, 6.45) is 5.36. The van der Waals surface area contributed by atoms with Crippen LogP contribution in [0.5, 0.6) is 0 Å². The highest BCUT2D eigenvalue weighted by atomic mass is 15.3. The number of rotatable bonds is 3. The summed E-state index contributed by atoms with van der Waals surface area (Å²) in [5.41, 5.74) is 6.47. The van der Waals surface area contributed by atoms with Crippen molar-refractivity contribution in [2.45, 2.75) is 51.1 Å². The van der Waals surface area contributed by atoms with Crippen molar-refractivity contribution in [2.75, 3.05) is 33.2 Å². The molecule has 0 spiro atoms. The summed E-state index contributed by atoms with van der Waals surface area (Å²) in [6, 6.07) is 0.674. The van der Waals surface area contributed by atoms with Gasteiger partial charge in [-0.1, -0.05) is 13.3 Å². The van der Waals surface area contributed by atoms with Crippen LogP contribution < -0.4 is 5.73 Å². The van der Waals surface area contributed by atoms with Crippen LogP contribution in [-0.2, 0) is 0 Å². The lowest BCUT2D eigenvalue weighted by molar-refractivity contribution is 0.0191. The lowest BCUT2D eigenvalue weighted by Gasteiger charge is -2.47. The van der Waals surface area contributed by atoms with Crippen LogP contribution in [0.2, 0.25) is 0 Å². The van der Waals surface area contributed by atoms with Crippen molar-refractivity contribution in [2.24, 2.45) is 11.7 Å². The second-order valence-electron chi connectivity index (χ2n) is 6.22. The molecule has 17 heavy (non-hydrogen) atoms. The van der Waals surface area contributed by atoms with Crippen LogP contribution in [0.4, 0.5) is 0 Å². The largest absolute Gasteiger partial charge is 0.329 e. The van der Waals surface area contributed by atoms with E-state index in [-0.39, 0.29) is 0 Å². The average Bonchev–Trinajstić information content (AvgIpc) is 2.77. The molecule has 3 heteroatoms. The Labute approximate surface area is 106 Å². The lowest BCUT2D eigenvalue weighted by Crippen LogP contribution is -2.61. The highest BCUT2D eigenvalue weighted by Crippen LogP contribution is 2.40. The average molecular weight is 239 g/mol. The maximum absolute atomic E-state index is 6.14. The minimum atomic E-state index is 0.330. The Morgan fingerprint density at radius 1 is 1.35 bits per heavy atom. The zero-order chi connectivity index (χ0) is 12.5. The quantitative estimate of drug-likeness (QED) is 0.811. The molecule has 1 saturated heterocycles. The molecule has 2 fully saturated rings. The van der Waals surface area contributed by atoms with Crippen LogP contribution in [0.15, 0.2) is 0 Å². The molecule has 3 nitrogen and oxygen atoms in total. The van der Waals surface area contributed by atoms with Gasteiger partial charge in [0, 0.05) is 37.8 Å². The Morgan fingerprint density at radius 2 is 2.12 bits per heavy atom. The van der Waals surface area contributed by atoms with E-state index in [0.29, 0.717) is 11.6 Å². The molecule has 1 saturated carbocycles. The SMILES string of the molecule is CCC1CCC(CN)(N2CCN(C)C(C)C2)C1. The van der Waals surface area contributed by atoms with E-state index < -0.39 is 0 Å². The summed E-state index contributed by atoms with van der Waals surface area (Å²) < 4.78 is 0. The monoisotopic (exact) mass is 239 g/mol. The molecule has 3 unspecified atom stereocenters. The highest BCUT2D eigenvalue weighted by Gasteiger charge is 2.43. The summed E-state index contributed by atoms with van der Waals surface area (Å²) in [5, 5.41) is 0. The first-order valence-corrected chi connectivity index (χ1v) is 7.26. The summed E-state index contributed by atoms with van der Waals surface area (Å²) in [6.45, 7) is 9.10. The fourth-order valence-electron chi connectivity index (χ4n) is 3.64. The standard InChI is InChI=1S/C14H29N3/c1-4-13-5-6-14(9-13,11-15)17-8-7-16(3)12(2)10-17/h12-13H,4-11,15H2,1-3H3. The number of hydrogen-bond donors (Lipinski definition) is 1. The van der Waals surface area contributed by atoms with Crippen LogP contribution in [-0.4, -0.2) is 54.6 Å². The van der Waals surface area contributed by atoms with E-state index in [9.17, 15) is 0 Å². The second kappa shape index (κ2) is 5.25. The van der Waals surface area contributed by atoms with Crippen LogP contribution in [0.25, 0.3) is 0 Å². The predicted octanol–water partition coefficient (Wildman–Crippen LogP) is 1.53. The summed E-state index contributed by atoms with van der Waals surface area (Å²) >= 11 is 0. The van der Waals surface area contributed by atoms with Crippen molar-refractivity contribution >= 4 is 0 Å². The third-order valence-electron chi connectivity index (χ3n) is 5.27. The molecule has 0 bridgehead atoms. The van der Waals surface area contributed by atoms with Gasteiger partial charge in [-0.15, -0.1) is 0 Å². The molecule has 0 aromatic rings. The van der Waals surface area contributed by atoms with Gasteiger partial charge >= 0.3 is 0 Å². The number of piperazine rings is 1. The van der Waals surface area contributed by atoms with Crippen LogP contribution in [0.1, 0.15) is 39.5 Å². The second-order valence-corrected chi connectivity index (χ2v) is 6.22. The third-order valence-corrected chi connectivity index (χ3v) is 5.27. The normalized spacial score (nSPS) is 40.9. The molecular weight excluding hydrogens is 210 g/mol. The van der Waals surface area contributed by atoms with E-state index in [4.69, 9.17) is 5.73 Å². The molecule has 3 atom stereocenters. The number of nitrogens with two attached hydrogens (primary N) is 1. The van der Waals surface area contributed by atoms with Crippen molar-refractivity contribution in [1.29, 1.82) is 0 Å². The van der Waals surface area contributed by atoms with Crippen LogP contribution in [0, 0.1) is 5.92 Å². The molecule has 0 aromatic heterocycles. The van der Waals surface area contributed by atoms with E-state index in [1.807, 2.05) is 0 Å². The molecule has 0 aromatic carbocycles. The van der Waals surface area contributed by atoms with Crippen molar-refractivity contribution in [3.63, 3.8) is 0 Å². The van der Waals surface area contributed by atoms with Gasteiger partial charge in [0.15, 0.2) is 0 Å². The number of hydrogen-bond acceptors (Lipinski definition) is 3. The predicted molar refractivity (Wildman–Crippen MR) is 73.1 cm³/mol. The maximum atomic E-state index is 6.14. The number of likely N-dealkylation sites (N-methyl/N-ethyl adjacent to an activating group) is 1. The van der Waals surface area contributed by atoms with Gasteiger partial charge in [-0.2, -0.15) is 0 Å². The molecule has 0 radical (unpaired) electrons. The minimum absolute atomic E-state index is 0.330. The van der Waals surface area contributed by atoms with Gasteiger partial charge in [0.1, 0.15) is 0 Å². The Morgan fingerprint density at radius 3 is 2.65 bits per heavy atom. The van der Waals surface area contributed by atoms with Gasteiger partial charge in [0.05, 0.1) is 0 Å². The fourth-order valence-corrected chi connectivity index (χ4v) is 3.64. The zero-order valence-electron chi connectivity index (χ0n) is 11.8. The van der Waals surface area contributed by atoms with E-state index in [0.717, 1.165) is 12.5 Å². The minimum Gasteiger partial charge on any atom is -0.329 e. The maximum Gasteiger partial charge on any atom is 0.0335 e. The van der Waals surface area contributed by atoms with Crippen molar-refractivity contribution in [3.8, 4) is 0 Å². The first kappa shape index (κ1) is 13.3. The van der Waals surface area contributed by atoms with Crippen molar-refractivity contribution < 1.29 is 0 Å². The van der Waals surface area contributed by atoms with Crippen molar-refractivity contribution in [3.05, 3.63) is 0 Å². The summed E-state index contributed by atoms with van der Waals surface area (Å²) in [4.78, 5) is 5.17. The molecule has 2 aliphatic rings. The van der Waals surface area contributed by atoms with Crippen LogP contribution >= 0.6 is 0 Å². The Kier molecular flexibility index (Phi) is 4.11. The first-order chi connectivity index (χ1) is 8.11. The topological polar surface area (TPSA) is 32.5 Å². The van der Waals surface area contributed by atoms with Crippen molar-refractivity contribution in [1.82, 2.24) is 9.80 Å². The van der Waals surface area contributed by atoms with E-state index >= 15 is 0 Å². The fraction of sp³-hybridized carbons (Fsp3) is 1.00. The molecular formula is C14H29N3. The zero-order valence-corrected chi connectivity index (χ0v) is 11.8. The van der Waals surface area contributed by atoms with Crippen LogP contribution in [0.3, 0.4) is 0 Å². The Balaban J connectivity index is 2.04. The molecule has 1 aliphatic carbocycles. The molecule has 1 heterocycles. The molecule has 0 amide bonds. The van der Waals surface area contributed by atoms with Gasteiger partial charge in [-0.3, -0.25) is 4.90 Å². The van der Waals surface area contributed by atoms with Gasteiger partial charge < -0.3 is 10.6 Å². The third kappa shape index (κ3) is 2.51. The molecule has 2 N–H and O–H groups in total. The molecule has 1 aliphatic heterocycles. The van der Waals surface area contributed by atoms with Gasteiger partial charge in [-0.25, -0.2) is 0 Å². The number of nitrogens with zero attached hydrogens (tertiary/aromatic N) is 2. The Hall–Kier alpha value is -0.120. The van der Waals surface area contributed by atoms with E-state index in [2.05, 4.69) is 30.7 Å². The molecule has 100 valence electrons.